The fourth-order valence-corrected chi connectivity index (χ4v) is 4.13. The second kappa shape index (κ2) is 7.62. The van der Waals surface area contributed by atoms with Crippen molar-refractivity contribution in [3.8, 4) is 17.2 Å². The van der Waals surface area contributed by atoms with Crippen LogP contribution in [0.2, 0.25) is 0 Å². The van der Waals surface area contributed by atoms with Crippen molar-refractivity contribution < 1.29 is 5.11 Å². The standard InChI is InChI=1S/C20H23N7O.ClH/c1-26-18(8-9-23-26)27-20(12-6-7-17(28)15(21)10-12)24-19(25-27)14-11-22-16-5-3-2-4-13(14)16;/h2-5,8-9,11-12,15,17,22,28H,6-7,10,21H2,1H3;1H/t12-,15+,17+;/m0./s1. The van der Waals surface area contributed by atoms with E-state index >= 15 is 0 Å². The Labute approximate surface area is 174 Å². The van der Waals surface area contributed by atoms with E-state index in [0.29, 0.717) is 18.7 Å². The van der Waals surface area contributed by atoms with Gasteiger partial charge in [-0.15, -0.1) is 17.5 Å². The number of fused-ring (bicyclic) bond motifs is 1. The lowest BCUT2D eigenvalue weighted by molar-refractivity contribution is 0.0989. The van der Waals surface area contributed by atoms with Crippen molar-refractivity contribution in [2.24, 2.45) is 12.8 Å². The van der Waals surface area contributed by atoms with E-state index in [9.17, 15) is 5.11 Å². The van der Waals surface area contributed by atoms with Gasteiger partial charge in [-0.05, 0) is 25.3 Å². The molecule has 3 aromatic heterocycles. The Morgan fingerprint density at radius 2 is 2.03 bits per heavy atom. The normalized spacial score (nSPS) is 22.0. The van der Waals surface area contributed by atoms with Gasteiger partial charge in [0.15, 0.2) is 11.6 Å². The van der Waals surface area contributed by atoms with E-state index in [1.807, 2.05) is 42.2 Å². The first kappa shape index (κ1) is 19.6. The number of benzene rings is 1. The fraction of sp³-hybridized carbons (Fsp3) is 0.350. The van der Waals surface area contributed by atoms with Crippen molar-refractivity contribution in [1.29, 1.82) is 0 Å². The maximum absolute atomic E-state index is 10.0. The van der Waals surface area contributed by atoms with Crippen molar-refractivity contribution in [3.63, 3.8) is 0 Å². The molecule has 152 valence electrons. The topological polar surface area (TPSA) is 111 Å². The number of aromatic nitrogens is 6. The zero-order valence-corrected chi connectivity index (χ0v) is 16.9. The number of nitrogens with one attached hydrogen (secondary N) is 1. The molecule has 5 rings (SSSR count). The molecule has 0 saturated heterocycles. The molecule has 0 radical (unpaired) electrons. The third-order valence-corrected chi connectivity index (χ3v) is 5.70. The number of H-pyrrole nitrogens is 1. The molecule has 1 aliphatic carbocycles. The Balaban J connectivity index is 0.00000205. The van der Waals surface area contributed by atoms with Crippen LogP contribution in [0.25, 0.3) is 28.1 Å². The van der Waals surface area contributed by atoms with Gasteiger partial charge in [0.05, 0.1) is 12.3 Å². The van der Waals surface area contributed by atoms with E-state index in [2.05, 4.69) is 16.1 Å². The lowest BCUT2D eigenvalue weighted by Crippen LogP contribution is -2.40. The predicted octanol–water partition coefficient (Wildman–Crippen LogP) is 2.53. The van der Waals surface area contributed by atoms with Gasteiger partial charge in [-0.2, -0.15) is 9.78 Å². The molecule has 3 heterocycles. The van der Waals surface area contributed by atoms with Crippen LogP contribution in [0.5, 0.6) is 0 Å². The van der Waals surface area contributed by atoms with Gasteiger partial charge in [0.1, 0.15) is 5.82 Å². The SMILES string of the molecule is Cl.Cn1nccc1-n1nc(-c2c[nH]c3ccccc23)nc1[C@H]1CC[C@@H](O)[C@H](N)C1. The van der Waals surface area contributed by atoms with Gasteiger partial charge in [0.2, 0.25) is 0 Å². The molecule has 4 aromatic rings. The zero-order valence-electron chi connectivity index (χ0n) is 16.1. The summed E-state index contributed by atoms with van der Waals surface area (Å²) in [6, 6.07) is 9.81. The summed E-state index contributed by atoms with van der Waals surface area (Å²) in [6.07, 6.45) is 5.45. The minimum absolute atomic E-state index is 0. The van der Waals surface area contributed by atoms with Crippen LogP contribution in [0.4, 0.5) is 0 Å². The molecule has 0 unspecified atom stereocenters. The molecule has 0 amide bonds. The Bertz CT molecular complexity index is 1130. The van der Waals surface area contributed by atoms with Gasteiger partial charge in [0, 0.05) is 47.7 Å². The number of aliphatic hydroxyl groups excluding tert-OH is 1. The summed E-state index contributed by atoms with van der Waals surface area (Å²) in [7, 11) is 1.89. The first-order valence-electron chi connectivity index (χ1n) is 9.57. The number of halogens is 1. The number of aliphatic hydroxyl groups is 1. The van der Waals surface area contributed by atoms with Gasteiger partial charge in [-0.3, -0.25) is 4.68 Å². The summed E-state index contributed by atoms with van der Waals surface area (Å²) in [5.41, 5.74) is 8.18. The van der Waals surface area contributed by atoms with E-state index in [0.717, 1.165) is 34.5 Å². The minimum atomic E-state index is -0.447. The summed E-state index contributed by atoms with van der Waals surface area (Å²) in [4.78, 5) is 8.23. The monoisotopic (exact) mass is 413 g/mol. The van der Waals surface area contributed by atoms with Crippen LogP contribution in [0, 0.1) is 0 Å². The molecular formula is C20H24ClN7O. The number of para-hydroxylation sites is 1. The Hall–Kier alpha value is -2.68. The average Bonchev–Trinajstić information content (AvgIpc) is 3.41. The Morgan fingerprint density at radius 3 is 2.79 bits per heavy atom. The Morgan fingerprint density at radius 1 is 1.21 bits per heavy atom. The number of nitrogens with two attached hydrogens (primary N) is 1. The molecule has 1 saturated carbocycles. The second-order valence-electron chi connectivity index (χ2n) is 7.51. The fourth-order valence-electron chi connectivity index (χ4n) is 4.13. The summed E-state index contributed by atoms with van der Waals surface area (Å²) in [6.45, 7) is 0. The first-order valence-corrected chi connectivity index (χ1v) is 9.57. The minimum Gasteiger partial charge on any atom is -0.392 e. The van der Waals surface area contributed by atoms with Crippen LogP contribution < -0.4 is 5.73 Å². The molecule has 0 aliphatic heterocycles. The zero-order chi connectivity index (χ0) is 19.3. The quantitative estimate of drug-likeness (QED) is 0.478. The van der Waals surface area contributed by atoms with Gasteiger partial charge < -0.3 is 15.8 Å². The summed E-state index contributed by atoms with van der Waals surface area (Å²) >= 11 is 0. The van der Waals surface area contributed by atoms with Crippen molar-refractivity contribution in [2.45, 2.75) is 37.3 Å². The first-order chi connectivity index (χ1) is 13.6. The summed E-state index contributed by atoms with van der Waals surface area (Å²) in [5.74, 6) is 2.53. The Kier molecular flexibility index (Phi) is 5.16. The number of hydrogen-bond donors (Lipinski definition) is 3. The van der Waals surface area contributed by atoms with Gasteiger partial charge >= 0.3 is 0 Å². The maximum atomic E-state index is 10.0. The van der Waals surface area contributed by atoms with Crippen LogP contribution in [0.15, 0.2) is 42.7 Å². The molecule has 0 bridgehead atoms. The van der Waals surface area contributed by atoms with Crippen LogP contribution in [0.3, 0.4) is 0 Å². The summed E-state index contributed by atoms with van der Waals surface area (Å²) < 4.78 is 3.66. The number of nitrogens with zero attached hydrogens (tertiary/aromatic N) is 5. The highest BCUT2D eigenvalue weighted by molar-refractivity contribution is 5.93. The largest absolute Gasteiger partial charge is 0.392 e. The van der Waals surface area contributed by atoms with Gasteiger partial charge in [-0.25, -0.2) is 4.98 Å². The third-order valence-electron chi connectivity index (χ3n) is 5.70. The van der Waals surface area contributed by atoms with Crippen molar-refractivity contribution >= 4 is 23.3 Å². The maximum Gasteiger partial charge on any atom is 0.184 e. The van der Waals surface area contributed by atoms with Crippen molar-refractivity contribution in [1.82, 2.24) is 29.5 Å². The molecule has 9 heteroatoms. The van der Waals surface area contributed by atoms with E-state index in [1.54, 1.807) is 10.9 Å². The number of aromatic amines is 1. The van der Waals surface area contributed by atoms with Crippen LogP contribution in [0.1, 0.15) is 31.0 Å². The second-order valence-corrected chi connectivity index (χ2v) is 7.51. The van der Waals surface area contributed by atoms with Gasteiger partial charge in [-0.1, -0.05) is 18.2 Å². The van der Waals surface area contributed by atoms with Crippen LogP contribution in [-0.4, -0.2) is 46.8 Å². The number of rotatable bonds is 3. The molecule has 3 atom stereocenters. The smallest absolute Gasteiger partial charge is 0.184 e. The van der Waals surface area contributed by atoms with E-state index in [-0.39, 0.29) is 24.4 Å². The molecule has 4 N–H and O–H groups in total. The molecule has 8 nitrogen and oxygen atoms in total. The molecule has 1 aliphatic rings. The predicted molar refractivity (Wildman–Crippen MR) is 113 cm³/mol. The third kappa shape index (κ3) is 3.33. The highest BCUT2D eigenvalue weighted by atomic mass is 35.5. The van der Waals surface area contributed by atoms with E-state index < -0.39 is 6.10 Å². The highest BCUT2D eigenvalue weighted by Gasteiger charge is 2.32. The highest BCUT2D eigenvalue weighted by Crippen LogP contribution is 2.35. The number of hydrogen-bond acceptors (Lipinski definition) is 5. The molecule has 1 fully saturated rings. The molecule has 1 aromatic carbocycles. The van der Waals surface area contributed by atoms with E-state index in [4.69, 9.17) is 15.8 Å². The lowest BCUT2D eigenvalue weighted by atomic mass is 9.83. The lowest BCUT2D eigenvalue weighted by Gasteiger charge is -2.30. The van der Waals surface area contributed by atoms with Crippen molar-refractivity contribution in [2.75, 3.05) is 0 Å². The summed E-state index contributed by atoms with van der Waals surface area (Å²) in [5, 5.41) is 20.2. The molecule has 0 spiro atoms. The van der Waals surface area contributed by atoms with Gasteiger partial charge in [0.25, 0.3) is 0 Å². The van der Waals surface area contributed by atoms with Crippen LogP contribution in [-0.2, 0) is 7.05 Å². The van der Waals surface area contributed by atoms with Crippen molar-refractivity contribution in [3.05, 3.63) is 48.5 Å². The average molecular weight is 414 g/mol. The van der Waals surface area contributed by atoms with E-state index in [1.165, 1.54) is 0 Å². The number of aryl methyl sites for hydroxylation is 1. The van der Waals surface area contributed by atoms with Crippen LogP contribution >= 0.6 is 12.4 Å². The molecule has 29 heavy (non-hydrogen) atoms. The molecular weight excluding hydrogens is 390 g/mol.